The van der Waals surface area contributed by atoms with Gasteiger partial charge in [-0.3, -0.25) is 48.3 Å². The highest BCUT2D eigenvalue weighted by Crippen LogP contribution is 2.34. The average Bonchev–Trinajstić information content (AvgIpc) is 4.03. The number of nitrogens with zero attached hydrogens (tertiary/aromatic N) is 10. The number of aryl methyl sites for hydroxylation is 3. The molecule has 9 rings (SSSR count). The first kappa shape index (κ1) is 37.9. The van der Waals surface area contributed by atoms with Gasteiger partial charge >= 0.3 is 0 Å². The molecule has 3 aromatic heterocycles. The lowest BCUT2D eigenvalue weighted by Crippen LogP contribution is -2.54. The first-order valence-corrected chi connectivity index (χ1v) is 20.2. The quantitative estimate of drug-likeness (QED) is 0.110. The minimum absolute atomic E-state index is 0.0693. The van der Waals surface area contributed by atoms with Crippen molar-refractivity contribution in [1.82, 2.24) is 49.8 Å². The van der Waals surface area contributed by atoms with Crippen LogP contribution in [0.5, 0.6) is 0 Å². The highest BCUT2D eigenvalue weighted by Gasteiger charge is 2.44. The van der Waals surface area contributed by atoms with E-state index < -0.39 is 29.7 Å². The van der Waals surface area contributed by atoms with Crippen LogP contribution in [0.2, 0.25) is 5.02 Å². The van der Waals surface area contributed by atoms with E-state index in [1.807, 2.05) is 55.2 Å². The van der Waals surface area contributed by atoms with Crippen LogP contribution in [0.3, 0.4) is 0 Å². The smallest absolute Gasteiger partial charge is 0.262 e. The van der Waals surface area contributed by atoms with Crippen LogP contribution in [0.1, 0.15) is 101 Å². The van der Waals surface area contributed by atoms with E-state index in [1.165, 1.54) is 0 Å². The van der Waals surface area contributed by atoms with Gasteiger partial charge in [-0.05, 0) is 75.1 Å². The lowest BCUT2D eigenvalue weighted by atomic mass is 9.96. The van der Waals surface area contributed by atoms with Crippen molar-refractivity contribution in [2.45, 2.75) is 84.0 Å². The molecule has 298 valence electrons. The summed E-state index contributed by atoms with van der Waals surface area (Å²) in [7, 11) is 0. The zero-order valence-electron chi connectivity index (χ0n) is 32.5. The van der Waals surface area contributed by atoms with Gasteiger partial charge in [0.2, 0.25) is 11.8 Å². The molecular formula is C43H40ClN11O4. The Morgan fingerprint density at radius 3 is 2.25 bits per heavy atom. The van der Waals surface area contributed by atoms with E-state index in [2.05, 4.69) is 59.9 Å². The largest absolute Gasteiger partial charge is 0.295 e. The Labute approximate surface area is 344 Å². The van der Waals surface area contributed by atoms with Gasteiger partial charge in [0.15, 0.2) is 5.82 Å². The molecule has 3 aliphatic heterocycles. The molecule has 1 fully saturated rings. The van der Waals surface area contributed by atoms with Crippen molar-refractivity contribution in [2.24, 2.45) is 4.99 Å². The summed E-state index contributed by atoms with van der Waals surface area (Å²) in [5.41, 5.74) is 7.59. The number of fused-ring (bicyclic) bond motifs is 4. The Bertz CT molecular complexity index is 2680. The van der Waals surface area contributed by atoms with Gasteiger partial charge in [0, 0.05) is 53.0 Å². The highest BCUT2D eigenvalue weighted by atomic mass is 35.5. The number of aliphatic imine (C=N–C) groups is 1. The van der Waals surface area contributed by atoms with Crippen LogP contribution in [0, 0.1) is 6.92 Å². The van der Waals surface area contributed by atoms with Crippen LogP contribution in [0.4, 0.5) is 0 Å². The Balaban J connectivity index is 0.776. The maximum absolute atomic E-state index is 13.2. The SMILES string of the molecule is Cc1nnc2n1-c1ccc(-c3cnn(CCCCCCCn4cc(-c5ccc6c(c5)C(=O)N(C5CCC(=O)NC5=O)C6=O)nn4)c3)cc1C(c1ccc(Cl)cc1)=N[C@H]2C. The number of halogens is 1. The third-order valence-electron chi connectivity index (χ3n) is 11.2. The van der Waals surface area contributed by atoms with Gasteiger partial charge in [0.25, 0.3) is 11.8 Å². The number of nitrogens with one attached hydrogen (secondary N) is 1. The summed E-state index contributed by atoms with van der Waals surface area (Å²) >= 11 is 6.24. The summed E-state index contributed by atoms with van der Waals surface area (Å²) in [6.07, 6.45) is 11.1. The number of amides is 4. The van der Waals surface area contributed by atoms with Gasteiger partial charge in [-0.15, -0.1) is 15.3 Å². The van der Waals surface area contributed by atoms with E-state index in [9.17, 15) is 19.2 Å². The van der Waals surface area contributed by atoms with Crippen LogP contribution in [0.25, 0.3) is 28.1 Å². The van der Waals surface area contributed by atoms with Crippen molar-refractivity contribution >= 4 is 40.9 Å². The number of aromatic nitrogens is 8. The lowest BCUT2D eigenvalue weighted by molar-refractivity contribution is -0.136. The molecule has 1 unspecified atom stereocenters. The number of benzene rings is 3. The van der Waals surface area contributed by atoms with Gasteiger partial charge in [0.05, 0.1) is 34.9 Å². The van der Waals surface area contributed by atoms with E-state index in [4.69, 9.17) is 16.6 Å². The second kappa shape index (κ2) is 15.6. The molecule has 15 nitrogen and oxygen atoms in total. The molecule has 59 heavy (non-hydrogen) atoms. The molecule has 6 heterocycles. The van der Waals surface area contributed by atoms with Crippen molar-refractivity contribution in [3.05, 3.63) is 118 Å². The van der Waals surface area contributed by atoms with Crippen molar-refractivity contribution in [3.8, 4) is 28.1 Å². The molecule has 0 aliphatic carbocycles. The molecule has 0 saturated carbocycles. The van der Waals surface area contributed by atoms with Crippen molar-refractivity contribution in [1.29, 1.82) is 0 Å². The van der Waals surface area contributed by atoms with Crippen LogP contribution in [0.15, 0.2) is 84.2 Å². The molecule has 3 aromatic carbocycles. The monoisotopic (exact) mass is 809 g/mol. The maximum Gasteiger partial charge on any atom is 0.262 e. The Kier molecular flexibility index (Phi) is 10.0. The van der Waals surface area contributed by atoms with Gasteiger partial charge < -0.3 is 0 Å². The minimum Gasteiger partial charge on any atom is -0.295 e. The van der Waals surface area contributed by atoms with Gasteiger partial charge in [-0.2, -0.15) is 5.10 Å². The number of carbonyl (C=O) groups is 4. The summed E-state index contributed by atoms with van der Waals surface area (Å²) in [6, 6.07) is 17.9. The van der Waals surface area contributed by atoms with E-state index >= 15 is 0 Å². The predicted octanol–water partition coefficient (Wildman–Crippen LogP) is 6.32. The van der Waals surface area contributed by atoms with Crippen LogP contribution < -0.4 is 5.32 Å². The summed E-state index contributed by atoms with van der Waals surface area (Å²) in [5, 5.41) is 25.0. The standard InChI is InChI=1S/C43H40ClN11O4/c1-25-40-50-48-26(2)54(40)36-15-11-28(20-34(36)39(46-25)27-8-12-31(44)13-9-27)30-22-45-52(23-30)18-6-4-3-5-7-19-53-24-35(49-51-53)29-10-14-32-33(21-29)43(59)55(42(32)58)37-16-17-38(56)47-41(37)57/h8-15,20-25,37H,3-7,16-19H2,1-2H3,(H,47,56,57)/t25-,37?/m0/s1. The second-order valence-corrected chi connectivity index (χ2v) is 15.6. The second-order valence-electron chi connectivity index (χ2n) is 15.2. The third-order valence-corrected chi connectivity index (χ3v) is 11.4. The van der Waals surface area contributed by atoms with E-state index in [0.717, 1.165) is 88.9 Å². The van der Waals surface area contributed by atoms with Gasteiger partial charge in [0.1, 0.15) is 23.6 Å². The summed E-state index contributed by atoms with van der Waals surface area (Å²) in [4.78, 5) is 56.4. The van der Waals surface area contributed by atoms with Crippen LogP contribution in [-0.4, -0.2) is 79.8 Å². The fraction of sp³-hybridized carbons (Fsp3) is 0.302. The fourth-order valence-corrected chi connectivity index (χ4v) is 8.22. The zero-order chi connectivity index (χ0) is 40.8. The Morgan fingerprint density at radius 2 is 1.46 bits per heavy atom. The summed E-state index contributed by atoms with van der Waals surface area (Å²) in [6.45, 7) is 5.51. The first-order chi connectivity index (χ1) is 28.6. The Morgan fingerprint density at radius 1 is 0.746 bits per heavy atom. The van der Waals surface area contributed by atoms with Crippen molar-refractivity contribution in [2.75, 3.05) is 0 Å². The fourth-order valence-electron chi connectivity index (χ4n) is 8.09. The number of hydrogen-bond acceptors (Lipinski definition) is 10. The average molecular weight is 810 g/mol. The van der Waals surface area contributed by atoms with E-state index in [-0.39, 0.29) is 30.0 Å². The minimum atomic E-state index is -1.01. The van der Waals surface area contributed by atoms with Crippen molar-refractivity contribution in [3.63, 3.8) is 0 Å². The Hall–Kier alpha value is -6.61. The summed E-state index contributed by atoms with van der Waals surface area (Å²) < 4.78 is 5.89. The maximum atomic E-state index is 13.2. The van der Waals surface area contributed by atoms with Gasteiger partial charge in [-0.1, -0.05) is 60.3 Å². The normalized spacial score (nSPS) is 17.4. The number of rotatable bonds is 12. The number of carbonyl (C=O) groups excluding carboxylic acids is 4. The van der Waals surface area contributed by atoms with Crippen molar-refractivity contribution < 1.29 is 19.2 Å². The molecule has 6 aromatic rings. The zero-order valence-corrected chi connectivity index (χ0v) is 33.3. The summed E-state index contributed by atoms with van der Waals surface area (Å²) in [5.74, 6) is -0.527. The molecule has 0 bridgehead atoms. The molecule has 0 radical (unpaired) electrons. The third kappa shape index (κ3) is 7.26. The van der Waals surface area contributed by atoms with Crippen LogP contribution >= 0.6 is 11.6 Å². The molecule has 1 N–H and O–H groups in total. The predicted molar refractivity (Wildman–Crippen MR) is 218 cm³/mol. The lowest BCUT2D eigenvalue weighted by Gasteiger charge is -2.27. The number of unbranched alkanes of at least 4 members (excludes halogenated alkanes) is 4. The number of imide groups is 2. The number of piperidine rings is 1. The van der Waals surface area contributed by atoms with E-state index in [1.54, 1.807) is 22.9 Å². The molecule has 1 saturated heterocycles. The van der Waals surface area contributed by atoms with Gasteiger partial charge in [-0.25, -0.2) is 0 Å². The molecule has 2 atom stereocenters. The molecular weight excluding hydrogens is 770 g/mol. The molecule has 0 spiro atoms. The van der Waals surface area contributed by atoms with Crippen LogP contribution in [-0.2, 0) is 22.7 Å². The highest BCUT2D eigenvalue weighted by molar-refractivity contribution is 6.30. The topological polar surface area (TPSA) is 175 Å². The molecule has 4 amide bonds. The number of hydrogen-bond donors (Lipinski definition) is 1. The molecule has 3 aliphatic rings. The first-order valence-electron chi connectivity index (χ1n) is 19.8. The molecule has 16 heteroatoms. The van der Waals surface area contributed by atoms with E-state index in [0.29, 0.717) is 22.8 Å².